The van der Waals surface area contributed by atoms with E-state index >= 15 is 0 Å². The van der Waals surface area contributed by atoms with Crippen LogP contribution in [0.4, 0.5) is 0 Å². The van der Waals surface area contributed by atoms with E-state index in [9.17, 15) is 14.4 Å². The summed E-state index contributed by atoms with van der Waals surface area (Å²) in [5.41, 5.74) is 7.51. The lowest BCUT2D eigenvalue weighted by Gasteiger charge is -2.19. The quantitative estimate of drug-likeness (QED) is 0.289. The minimum absolute atomic E-state index is 0.212. The predicted octanol–water partition coefficient (Wildman–Crippen LogP) is 4.28. The van der Waals surface area contributed by atoms with E-state index in [4.69, 9.17) is 15.2 Å². The van der Waals surface area contributed by atoms with E-state index < -0.39 is 23.3 Å². The molecule has 0 fully saturated rings. The zero-order valence-electron chi connectivity index (χ0n) is 20.4. The van der Waals surface area contributed by atoms with Crippen LogP contribution in [0, 0.1) is 5.92 Å². The second-order valence-electron chi connectivity index (χ2n) is 9.71. The Hall–Kier alpha value is -3.61. The van der Waals surface area contributed by atoms with Crippen molar-refractivity contribution in [2.45, 2.75) is 53.2 Å². The number of primary amides is 1. The first-order valence-electron chi connectivity index (χ1n) is 11.3. The van der Waals surface area contributed by atoms with Crippen molar-refractivity contribution in [3.05, 3.63) is 65.4 Å². The monoisotopic (exact) mass is 464 g/mol. The molecule has 0 bridgehead atoms. The molecule has 0 aliphatic heterocycles. The zero-order valence-corrected chi connectivity index (χ0v) is 20.4. The number of ketones is 1. The van der Waals surface area contributed by atoms with E-state index in [1.807, 2.05) is 54.8 Å². The van der Waals surface area contributed by atoms with Crippen LogP contribution in [0.5, 0.6) is 5.75 Å². The van der Waals surface area contributed by atoms with Crippen molar-refractivity contribution in [1.82, 2.24) is 4.57 Å². The molecule has 1 amide bonds. The molecule has 0 spiro atoms. The predicted molar refractivity (Wildman–Crippen MR) is 131 cm³/mol. The fourth-order valence-corrected chi connectivity index (χ4v) is 3.96. The van der Waals surface area contributed by atoms with Gasteiger partial charge in [-0.25, -0.2) is 4.79 Å². The van der Waals surface area contributed by atoms with Gasteiger partial charge in [-0.1, -0.05) is 50.2 Å². The van der Waals surface area contributed by atoms with Crippen LogP contribution in [0.2, 0.25) is 0 Å². The zero-order chi connectivity index (χ0) is 25.0. The molecular weight excluding hydrogens is 432 g/mol. The standard InChI is InChI=1S/C27H32N2O5/c1-17(2)14-20-24(25(31)26(28)32)23-19(29(20)15-18-10-7-6-8-11-18)12-9-13-21(23)33-16-22(30)34-27(3,4)5/h6-13,17H,14-16H2,1-5H3,(H2,28,32). The Kier molecular flexibility index (Phi) is 7.44. The summed E-state index contributed by atoms with van der Waals surface area (Å²) in [5, 5.41) is 0.474. The number of amides is 1. The topological polar surface area (TPSA) is 101 Å². The van der Waals surface area contributed by atoms with Crippen LogP contribution in [0.3, 0.4) is 0 Å². The van der Waals surface area contributed by atoms with Gasteiger partial charge in [0.2, 0.25) is 0 Å². The van der Waals surface area contributed by atoms with Gasteiger partial charge in [-0.3, -0.25) is 9.59 Å². The first-order chi connectivity index (χ1) is 16.0. The third kappa shape index (κ3) is 5.84. The first-order valence-corrected chi connectivity index (χ1v) is 11.3. The fourth-order valence-electron chi connectivity index (χ4n) is 3.96. The van der Waals surface area contributed by atoms with Crippen molar-refractivity contribution >= 4 is 28.6 Å². The lowest BCUT2D eigenvalue weighted by Crippen LogP contribution is -2.27. The van der Waals surface area contributed by atoms with Gasteiger partial charge in [0.15, 0.2) is 6.61 Å². The Morgan fingerprint density at radius 2 is 1.68 bits per heavy atom. The number of nitrogens with zero attached hydrogens (tertiary/aromatic N) is 1. The van der Waals surface area contributed by atoms with Crippen LogP contribution >= 0.6 is 0 Å². The number of nitrogens with two attached hydrogens (primary N) is 1. The van der Waals surface area contributed by atoms with E-state index in [-0.39, 0.29) is 18.1 Å². The van der Waals surface area contributed by atoms with Gasteiger partial charge in [0.25, 0.3) is 11.7 Å². The number of carbonyl (C=O) groups excluding carboxylic acids is 3. The van der Waals surface area contributed by atoms with E-state index in [2.05, 4.69) is 0 Å². The number of rotatable bonds is 9. The van der Waals surface area contributed by atoms with Gasteiger partial charge in [0.05, 0.1) is 16.5 Å². The number of Topliss-reactive ketones (excluding diaryl/α,β-unsaturated/α-hetero) is 1. The second-order valence-corrected chi connectivity index (χ2v) is 9.71. The summed E-state index contributed by atoms with van der Waals surface area (Å²) in [6.07, 6.45) is 0.557. The fraction of sp³-hybridized carbons (Fsp3) is 0.370. The van der Waals surface area contributed by atoms with Gasteiger partial charge in [0, 0.05) is 12.2 Å². The minimum atomic E-state index is -1.04. The van der Waals surface area contributed by atoms with E-state index in [0.717, 1.165) is 11.1 Å². The molecule has 0 radical (unpaired) electrons. The highest BCUT2D eigenvalue weighted by Crippen LogP contribution is 2.36. The van der Waals surface area contributed by atoms with Gasteiger partial charge < -0.3 is 19.8 Å². The van der Waals surface area contributed by atoms with Crippen LogP contribution in [0.15, 0.2) is 48.5 Å². The molecule has 2 N–H and O–H groups in total. The van der Waals surface area contributed by atoms with Gasteiger partial charge >= 0.3 is 5.97 Å². The second kappa shape index (κ2) is 10.1. The molecule has 34 heavy (non-hydrogen) atoms. The number of hydrogen-bond donors (Lipinski definition) is 1. The minimum Gasteiger partial charge on any atom is -0.481 e. The average Bonchev–Trinajstić information content (AvgIpc) is 3.04. The van der Waals surface area contributed by atoms with Crippen LogP contribution in [0.1, 0.15) is 56.2 Å². The SMILES string of the molecule is CC(C)Cc1c(C(=O)C(N)=O)c2c(OCC(=O)OC(C)(C)C)cccc2n1Cc1ccccc1. The summed E-state index contributed by atoms with van der Waals surface area (Å²) in [6, 6.07) is 15.2. The number of esters is 1. The Labute approximate surface area is 199 Å². The average molecular weight is 465 g/mol. The molecule has 2 aromatic carbocycles. The first kappa shape index (κ1) is 25.0. The molecular formula is C27H32N2O5. The molecule has 0 saturated heterocycles. The summed E-state index contributed by atoms with van der Waals surface area (Å²) < 4.78 is 13.2. The number of carbonyl (C=O) groups is 3. The number of hydrogen-bond acceptors (Lipinski definition) is 5. The molecule has 0 aliphatic rings. The molecule has 180 valence electrons. The van der Waals surface area contributed by atoms with Gasteiger partial charge in [-0.2, -0.15) is 0 Å². The lowest BCUT2D eigenvalue weighted by molar-refractivity contribution is -0.157. The summed E-state index contributed by atoms with van der Waals surface area (Å²) in [5.74, 6) is -1.81. The van der Waals surface area contributed by atoms with Crippen molar-refractivity contribution in [3.63, 3.8) is 0 Å². The molecule has 3 aromatic rings. The summed E-state index contributed by atoms with van der Waals surface area (Å²) in [6.45, 7) is 9.59. The maximum absolute atomic E-state index is 13.1. The van der Waals surface area contributed by atoms with Gasteiger partial charge in [-0.15, -0.1) is 0 Å². The lowest BCUT2D eigenvalue weighted by atomic mass is 9.99. The maximum atomic E-state index is 13.1. The molecule has 0 aliphatic carbocycles. The normalized spacial score (nSPS) is 11.6. The molecule has 1 aromatic heterocycles. The highest BCUT2D eigenvalue weighted by atomic mass is 16.6. The summed E-state index contributed by atoms with van der Waals surface area (Å²) in [4.78, 5) is 37.4. The highest BCUT2D eigenvalue weighted by molar-refractivity contribution is 6.45. The molecule has 1 heterocycles. The third-order valence-corrected chi connectivity index (χ3v) is 5.16. The molecule has 0 unspecified atom stereocenters. The van der Waals surface area contributed by atoms with Crippen LogP contribution in [0.25, 0.3) is 10.9 Å². The molecule has 7 heteroatoms. The maximum Gasteiger partial charge on any atom is 0.344 e. The van der Waals surface area contributed by atoms with E-state index in [1.54, 1.807) is 32.9 Å². The Morgan fingerprint density at radius 1 is 1.00 bits per heavy atom. The third-order valence-electron chi connectivity index (χ3n) is 5.16. The summed E-state index contributed by atoms with van der Waals surface area (Å²) in [7, 11) is 0. The highest BCUT2D eigenvalue weighted by Gasteiger charge is 2.28. The molecule has 0 saturated carbocycles. The Balaban J connectivity index is 2.18. The van der Waals surface area contributed by atoms with Crippen molar-refractivity contribution in [3.8, 4) is 5.75 Å². The molecule has 0 atom stereocenters. The summed E-state index contributed by atoms with van der Waals surface area (Å²) >= 11 is 0. The Bertz CT molecular complexity index is 1200. The number of benzene rings is 2. The smallest absolute Gasteiger partial charge is 0.344 e. The van der Waals surface area contributed by atoms with E-state index in [1.165, 1.54) is 0 Å². The number of fused-ring (bicyclic) bond motifs is 1. The molecule has 7 nitrogen and oxygen atoms in total. The van der Waals surface area contributed by atoms with Gasteiger partial charge in [0.1, 0.15) is 11.4 Å². The van der Waals surface area contributed by atoms with E-state index in [0.29, 0.717) is 29.8 Å². The van der Waals surface area contributed by atoms with Crippen molar-refractivity contribution in [2.75, 3.05) is 6.61 Å². The van der Waals surface area contributed by atoms with Crippen molar-refractivity contribution < 1.29 is 23.9 Å². The number of aromatic nitrogens is 1. The van der Waals surface area contributed by atoms with Crippen molar-refractivity contribution in [2.24, 2.45) is 11.7 Å². The number of ether oxygens (including phenoxy) is 2. The van der Waals surface area contributed by atoms with Crippen LogP contribution < -0.4 is 10.5 Å². The van der Waals surface area contributed by atoms with Gasteiger partial charge in [-0.05, 0) is 50.8 Å². The largest absolute Gasteiger partial charge is 0.481 e. The molecule has 3 rings (SSSR count). The van der Waals surface area contributed by atoms with Crippen LogP contribution in [-0.4, -0.2) is 34.4 Å². The van der Waals surface area contributed by atoms with Crippen LogP contribution in [-0.2, 0) is 27.3 Å². The Morgan fingerprint density at radius 3 is 2.26 bits per heavy atom. The van der Waals surface area contributed by atoms with Crippen molar-refractivity contribution in [1.29, 1.82) is 0 Å².